The molecule has 0 aliphatic carbocycles. The van der Waals surface area contributed by atoms with Crippen LogP contribution in [-0.2, 0) is 14.9 Å². The first-order valence-corrected chi connectivity index (χ1v) is 8.99. The van der Waals surface area contributed by atoms with Gasteiger partial charge in [-0.2, -0.15) is 12.7 Å². The predicted molar refractivity (Wildman–Crippen MR) is 78.7 cm³/mol. The van der Waals surface area contributed by atoms with Gasteiger partial charge in [0.2, 0.25) is 0 Å². The molecule has 6 nitrogen and oxygen atoms in total. The summed E-state index contributed by atoms with van der Waals surface area (Å²) >= 11 is 0. The number of piperidine rings is 1. The predicted octanol–water partition coefficient (Wildman–Crippen LogP) is 0.273. The molecule has 2 aliphatic heterocycles. The minimum atomic E-state index is -3.32. The second-order valence-corrected chi connectivity index (χ2v) is 7.69. The number of rotatable bonds is 5. The molecule has 1 atom stereocenters. The Morgan fingerprint density at radius 2 is 1.80 bits per heavy atom. The Morgan fingerprint density at radius 3 is 2.40 bits per heavy atom. The second kappa shape index (κ2) is 7.17. The Bertz CT molecular complexity index is 388. The van der Waals surface area contributed by atoms with Crippen molar-refractivity contribution in [2.24, 2.45) is 5.92 Å². The van der Waals surface area contributed by atoms with E-state index in [-0.39, 0.29) is 6.04 Å². The van der Waals surface area contributed by atoms with Crippen LogP contribution < -0.4 is 4.72 Å². The maximum absolute atomic E-state index is 12.3. The van der Waals surface area contributed by atoms with Crippen LogP contribution in [0.1, 0.15) is 26.7 Å². The van der Waals surface area contributed by atoms with Gasteiger partial charge < -0.3 is 4.74 Å². The van der Waals surface area contributed by atoms with E-state index in [4.69, 9.17) is 4.74 Å². The van der Waals surface area contributed by atoms with Crippen LogP contribution in [0.2, 0.25) is 0 Å². The first kappa shape index (κ1) is 16.2. The lowest BCUT2D eigenvalue weighted by atomic mass is 10.0. The fourth-order valence-electron chi connectivity index (χ4n) is 2.69. The van der Waals surface area contributed by atoms with Crippen molar-refractivity contribution in [2.75, 3.05) is 45.9 Å². The van der Waals surface area contributed by atoms with Gasteiger partial charge in [-0.3, -0.25) is 4.90 Å². The zero-order valence-corrected chi connectivity index (χ0v) is 13.4. The van der Waals surface area contributed by atoms with Crippen molar-refractivity contribution >= 4 is 10.2 Å². The smallest absolute Gasteiger partial charge is 0.279 e. The van der Waals surface area contributed by atoms with E-state index in [0.29, 0.717) is 25.6 Å². The van der Waals surface area contributed by atoms with Crippen LogP contribution >= 0.6 is 0 Å². The van der Waals surface area contributed by atoms with E-state index in [1.165, 1.54) is 0 Å². The summed E-state index contributed by atoms with van der Waals surface area (Å²) in [5, 5.41) is 0. The molecule has 2 rings (SSSR count). The maximum atomic E-state index is 12.3. The van der Waals surface area contributed by atoms with Crippen molar-refractivity contribution in [1.29, 1.82) is 0 Å². The summed E-state index contributed by atoms with van der Waals surface area (Å²) < 4.78 is 34.2. The van der Waals surface area contributed by atoms with Crippen LogP contribution in [0.5, 0.6) is 0 Å². The van der Waals surface area contributed by atoms with Crippen LogP contribution in [0.15, 0.2) is 0 Å². The number of nitrogens with one attached hydrogen (secondary N) is 1. The first-order chi connectivity index (χ1) is 9.49. The molecule has 0 bridgehead atoms. The molecule has 2 aliphatic rings. The normalized spacial score (nSPS) is 25.7. The lowest BCUT2D eigenvalue weighted by molar-refractivity contribution is 0.0213. The topological polar surface area (TPSA) is 61.9 Å². The largest absolute Gasteiger partial charge is 0.379 e. The van der Waals surface area contributed by atoms with E-state index in [9.17, 15) is 8.42 Å². The minimum Gasteiger partial charge on any atom is -0.379 e. The fraction of sp³-hybridized carbons (Fsp3) is 1.00. The van der Waals surface area contributed by atoms with Crippen molar-refractivity contribution in [1.82, 2.24) is 13.9 Å². The van der Waals surface area contributed by atoms with E-state index in [2.05, 4.69) is 23.5 Å². The van der Waals surface area contributed by atoms with Crippen LogP contribution in [0.4, 0.5) is 0 Å². The molecule has 0 spiro atoms. The summed E-state index contributed by atoms with van der Waals surface area (Å²) in [6, 6.07) is 0.206. The molecular formula is C13H27N3O3S. The third kappa shape index (κ3) is 4.39. The van der Waals surface area contributed by atoms with E-state index in [1.54, 1.807) is 4.31 Å². The summed E-state index contributed by atoms with van der Waals surface area (Å²) in [6.07, 6.45) is 1.92. The molecule has 7 heteroatoms. The molecule has 0 radical (unpaired) electrons. The van der Waals surface area contributed by atoms with E-state index in [0.717, 1.165) is 39.1 Å². The van der Waals surface area contributed by atoms with Gasteiger partial charge in [-0.1, -0.05) is 6.92 Å². The number of morpholine rings is 1. The monoisotopic (exact) mass is 305 g/mol. The van der Waals surface area contributed by atoms with Crippen molar-refractivity contribution < 1.29 is 13.2 Å². The van der Waals surface area contributed by atoms with Gasteiger partial charge in [0, 0.05) is 38.8 Å². The summed E-state index contributed by atoms with van der Waals surface area (Å²) in [6.45, 7) is 9.22. The van der Waals surface area contributed by atoms with Crippen molar-refractivity contribution in [2.45, 2.75) is 32.7 Å². The lowest BCUT2D eigenvalue weighted by Gasteiger charge is -2.33. The van der Waals surface area contributed by atoms with Gasteiger partial charge in [0.05, 0.1) is 13.2 Å². The Labute approximate surface area is 122 Å². The quantitative estimate of drug-likeness (QED) is 0.792. The van der Waals surface area contributed by atoms with E-state index in [1.807, 2.05) is 0 Å². The number of hydrogen-bond acceptors (Lipinski definition) is 4. The van der Waals surface area contributed by atoms with Crippen molar-refractivity contribution in [3.63, 3.8) is 0 Å². The minimum absolute atomic E-state index is 0.206. The molecule has 0 aromatic carbocycles. The van der Waals surface area contributed by atoms with Crippen LogP contribution in [0, 0.1) is 5.92 Å². The number of nitrogens with zero attached hydrogens (tertiary/aromatic N) is 2. The Morgan fingerprint density at radius 1 is 1.20 bits per heavy atom. The van der Waals surface area contributed by atoms with Crippen LogP contribution in [-0.4, -0.2) is 69.6 Å². The highest BCUT2D eigenvalue weighted by Gasteiger charge is 2.27. The molecule has 1 N–H and O–H groups in total. The zero-order chi connectivity index (χ0) is 14.6. The summed E-state index contributed by atoms with van der Waals surface area (Å²) in [4.78, 5) is 2.27. The molecule has 20 heavy (non-hydrogen) atoms. The van der Waals surface area contributed by atoms with Gasteiger partial charge in [-0.15, -0.1) is 0 Å². The third-order valence-corrected chi connectivity index (χ3v) is 5.89. The number of hydrogen-bond donors (Lipinski definition) is 1. The highest BCUT2D eigenvalue weighted by atomic mass is 32.2. The summed E-state index contributed by atoms with van der Waals surface area (Å²) in [7, 11) is -3.32. The van der Waals surface area contributed by atoms with Crippen LogP contribution in [0.25, 0.3) is 0 Å². The third-order valence-electron chi connectivity index (χ3n) is 4.31. The van der Waals surface area contributed by atoms with Crippen molar-refractivity contribution in [3.8, 4) is 0 Å². The van der Waals surface area contributed by atoms with Crippen LogP contribution in [0.3, 0.4) is 0 Å². The van der Waals surface area contributed by atoms with E-state index >= 15 is 0 Å². The average molecular weight is 305 g/mol. The standard InChI is InChI=1S/C13H27N3O3S/c1-12-3-5-16(6-4-12)20(17,18)14-11-13(2)15-7-9-19-10-8-15/h12-14H,3-11H2,1-2H3/t13-/m1/s1. The van der Waals surface area contributed by atoms with Crippen molar-refractivity contribution in [3.05, 3.63) is 0 Å². The second-order valence-electron chi connectivity index (χ2n) is 5.93. The van der Waals surface area contributed by atoms with Gasteiger partial charge in [-0.05, 0) is 25.7 Å². The molecule has 0 saturated carbocycles. The molecule has 0 aromatic heterocycles. The molecule has 0 amide bonds. The molecule has 0 unspecified atom stereocenters. The number of ether oxygens (including phenoxy) is 1. The van der Waals surface area contributed by atoms with Gasteiger partial charge >= 0.3 is 0 Å². The van der Waals surface area contributed by atoms with Gasteiger partial charge in [0.15, 0.2) is 0 Å². The molecule has 118 valence electrons. The molecule has 2 heterocycles. The highest BCUT2D eigenvalue weighted by Crippen LogP contribution is 2.18. The zero-order valence-electron chi connectivity index (χ0n) is 12.5. The van der Waals surface area contributed by atoms with Gasteiger partial charge in [-0.25, -0.2) is 4.72 Å². The molecule has 2 saturated heterocycles. The molecular weight excluding hydrogens is 278 g/mol. The Hall–Kier alpha value is -0.210. The SMILES string of the molecule is CC1CCN(S(=O)(=O)NC[C@@H](C)N2CCOCC2)CC1. The highest BCUT2D eigenvalue weighted by molar-refractivity contribution is 7.87. The lowest BCUT2D eigenvalue weighted by Crippen LogP contribution is -2.50. The maximum Gasteiger partial charge on any atom is 0.279 e. The van der Waals surface area contributed by atoms with Gasteiger partial charge in [0.25, 0.3) is 10.2 Å². The summed E-state index contributed by atoms with van der Waals surface area (Å²) in [5.74, 6) is 0.633. The molecule has 2 fully saturated rings. The Kier molecular flexibility index (Phi) is 5.80. The summed E-state index contributed by atoms with van der Waals surface area (Å²) in [5.41, 5.74) is 0. The average Bonchev–Trinajstić information content (AvgIpc) is 2.46. The molecule has 0 aromatic rings. The fourth-order valence-corrected chi connectivity index (χ4v) is 4.02. The Balaban J connectivity index is 1.79. The first-order valence-electron chi connectivity index (χ1n) is 7.55. The van der Waals surface area contributed by atoms with E-state index < -0.39 is 10.2 Å². The van der Waals surface area contributed by atoms with Gasteiger partial charge in [0.1, 0.15) is 0 Å².